The quantitative estimate of drug-likeness (QED) is 0.479. The summed E-state index contributed by atoms with van der Waals surface area (Å²) in [6.45, 7) is 1.89. The summed E-state index contributed by atoms with van der Waals surface area (Å²) in [5, 5.41) is 0. The standard InChI is InChI=1S/C12H9I2NO3S/c1-8-2-4-9(5-3-8)19(16,17)18-12-10(13)6-15-7-11(12)14/h2-7H,1H3. The lowest BCUT2D eigenvalue weighted by molar-refractivity contribution is 0.482. The summed E-state index contributed by atoms with van der Waals surface area (Å²) in [6.07, 6.45) is 3.12. The van der Waals surface area contributed by atoms with Crippen LogP contribution >= 0.6 is 45.2 Å². The maximum absolute atomic E-state index is 12.2. The molecular formula is C12H9I2NO3S. The van der Waals surface area contributed by atoms with Crippen LogP contribution in [0, 0.1) is 14.1 Å². The fraction of sp³-hybridized carbons (Fsp3) is 0.0833. The van der Waals surface area contributed by atoms with Crippen LogP contribution in [-0.2, 0) is 10.1 Å². The van der Waals surface area contributed by atoms with E-state index in [0.29, 0.717) is 12.9 Å². The van der Waals surface area contributed by atoms with Gasteiger partial charge in [-0.3, -0.25) is 4.98 Å². The minimum Gasteiger partial charge on any atom is -0.377 e. The molecule has 0 aliphatic heterocycles. The Bertz CT molecular complexity index is 679. The lowest BCUT2D eigenvalue weighted by Gasteiger charge is -2.10. The average molecular weight is 501 g/mol. The van der Waals surface area contributed by atoms with Crippen molar-refractivity contribution in [3.05, 3.63) is 49.4 Å². The Morgan fingerprint density at radius 1 is 1.05 bits per heavy atom. The molecule has 100 valence electrons. The van der Waals surface area contributed by atoms with Gasteiger partial charge in [0.05, 0.1) is 7.14 Å². The van der Waals surface area contributed by atoms with Crippen LogP contribution in [0.2, 0.25) is 0 Å². The normalized spacial score (nSPS) is 11.3. The fourth-order valence-electron chi connectivity index (χ4n) is 1.34. The topological polar surface area (TPSA) is 56.3 Å². The van der Waals surface area contributed by atoms with Crippen molar-refractivity contribution < 1.29 is 12.6 Å². The van der Waals surface area contributed by atoms with Crippen molar-refractivity contribution in [2.24, 2.45) is 0 Å². The zero-order valence-corrected chi connectivity index (χ0v) is 14.9. The summed E-state index contributed by atoms with van der Waals surface area (Å²) in [4.78, 5) is 4.11. The van der Waals surface area contributed by atoms with Gasteiger partial charge in [0, 0.05) is 12.4 Å². The predicted molar refractivity (Wildman–Crippen MR) is 88.7 cm³/mol. The molecule has 0 spiro atoms. The minimum absolute atomic E-state index is 0.140. The Hall–Kier alpha value is -0.420. The van der Waals surface area contributed by atoms with Crippen molar-refractivity contribution in [3.8, 4) is 5.75 Å². The molecule has 19 heavy (non-hydrogen) atoms. The van der Waals surface area contributed by atoms with Crippen LogP contribution in [0.15, 0.2) is 41.6 Å². The van der Waals surface area contributed by atoms with Crippen molar-refractivity contribution in [2.45, 2.75) is 11.8 Å². The van der Waals surface area contributed by atoms with Crippen molar-refractivity contribution in [1.82, 2.24) is 4.98 Å². The second-order valence-electron chi connectivity index (χ2n) is 3.78. The van der Waals surface area contributed by atoms with Gasteiger partial charge in [-0.1, -0.05) is 17.7 Å². The van der Waals surface area contributed by atoms with Crippen molar-refractivity contribution in [3.63, 3.8) is 0 Å². The Labute approximate surface area is 139 Å². The van der Waals surface area contributed by atoms with Gasteiger partial charge in [0.1, 0.15) is 4.90 Å². The lowest BCUT2D eigenvalue weighted by atomic mass is 10.2. The molecule has 1 aromatic heterocycles. The van der Waals surface area contributed by atoms with Gasteiger partial charge in [-0.15, -0.1) is 0 Å². The van der Waals surface area contributed by atoms with E-state index in [-0.39, 0.29) is 4.90 Å². The van der Waals surface area contributed by atoms with Crippen LogP contribution in [0.3, 0.4) is 0 Å². The summed E-state index contributed by atoms with van der Waals surface area (Å²) >= 11 is 3.99. The van der Waals surface area contributed by atoms with Gasteiger partial charge in [0.25, 0.3) is 0 Å². The summed E-state index contributed by atoms with van der Waals surface area (Å²) < 4.78 is 30.8. The number of aryl methyl sites for hydroxylation is 1. The summed E-state index contributed by atoms with van der Waals surface area (Å²) in [7, 11) is -3.81. The molecule has 0 aliphatic rings. The van der Waals surface area contributed by atoms with Crippen molar-refractivity contribution >= 4 is 55.3 Å². The summed E-state index contributed by atoms with van der Waals surface area (Å²) in [5.41, 5.74) is 0.993. The van der Waals surface area contributed by atoms with Crippen molar-refractivity contribution in [1.29, 1.82) is 0 Å². The predicted octanol–water partition coefficient (Wildman–Crippen LogP) is 3.37. The van der Waals surface area contributed by atoms with E-state index >= 15 is 0 Å². The van der Waals surface area contributed by atoms with Crippen LogP contribution < -0.4 is 4.18 Å². The highest BCUT2D eigenvalue weighted by Gasteiger charge is 2.19. The smallest absolute Gasteiger partial charge is 0.339 e. The number of hydrogen-bond donors (Lipinski definition) is 0. The van der Waals surface area contributed by atoms with Crippen LogP contribution in [-0.4, -0.2) is 13.4 Å². The molecule has 0 radical (unpaired) electrons. The maximum Gasteiger partial charge on any atom is 0.339 e. The Balaban J connectivity index is 2.39. The number of hydrogen-bond acceptors (Lipinski definition) is 4. The molecule has 0 aliphatic carbocycles. The van der Waals surface area contributed by atoms with Gasteiger partial charge in [0.15, 0.2) is 5.75 Å². The molecule has 2 rings (SSSR count). The highest BCUT2D eigenvalue weighted by Crippen LogP contribution is 2.28. The van der Waals surface area contributed by atoms with E-state index in [4.69, 9.17) is 4.18 Å². The van der Waals surface area contributed by atoms with E-state index in [0.717, 1.165) is 5.56 Å². The summed E-state index contributed by atoms with van der Waals surface area (Å²) in [5.74, 6) is 0.316. The van der Waals surface area contributed by atoms with E-state index in [1.165, 1.54) is 12.1 Å². The second-order valence-corrected chi connectivity index (χ2v) is 7.65. The molecule has 0 bridgehead atoms. The maximum atomic E-state index is 12.2. The third-order valence-corrected chi connectivity index (χ3v) is 5.08. The van der Waals surface area contributed by atoms with Gasteiger partial charge in [-0.25, -0.2) is 0 Å². The Kier molecular flexibility index (Phi) is 4.66. The Morgan fingerprint density at radius 2 is 1.58 bits per heavy atom. The first kappa shape index (κ1) is 15.0. The zero-order chi connectivity index (χ0) is 14.0. The Morgan fingerprint density at radius 3 is 2.11 bits per heavy atom. The van der Waals surface area contributed by atoms with E-state index in [1.807, 2.05) is 52.1 Å². The number of aromatic nitrogens is 1. The first-order valence-corrected chi connectivity index (χ1v) is 8.77. The third-order valence-electron chi connectivity index (χ3n) is 2.31. The third kappa shape index (κ3) is 3.57. The van der Waals surface area contributed by atoms with Crippen LogP contribution in [0.1, 0.15) is 5.56 Å². The van der Waals surface area contributed by atoms with Crippen LogP contribution in [0.4, 0.5) is 0 Å². The van der Waals surface area contributed by atoms with Crippen LogP contribution in [0.25, 0.3) is 0 Å². The molecule has 0 amide bonds. The molecule has 0 saturated carbocycles. The molecule has 0 fully saturated rings. The number of pyridine rings is 1. The van der Waals surface area contributed by atoms with Crippen molar-refractivity contribution in [2.75, 3.05) is 0 Å². The van der Waals surface area contributed by atoms with Gasteiger partial charge in [-0.2, -0.15) is 8.42 Å². The molecular weight excluding hydrogens is 492 g/mol. The molecule has 4 nitrogen and oxygen atoms in total. The highest BCUT2D eigenvalue weighted by molar-refractivity contribution is 14.1. The molecule has 1 aromatic carbocycles. The molecule has 0 unspecified atom stereocenters. The molecule has 7 heteroatoms. The molecule has 0 atom stereocenters. The first-order valence-electron chi connectivity index (χ1n) is 5.20. The minimum atomic E-state index is -3.81. The highest BCUT2D eigenvalue weighted by atomic mass is 127. The SMILES string of the molecule is Cc1ccc(S(=O)(=O)Oc2c(I)cncc2I)cc1. The first-order chi connectivity index (χ1) is 8.90. The number of nitrogens with zero attached hydrogens (tertiary/aromatic N) is 1. The number of benzene rings is 1. The van der Waals surface area contributed by atoms with E-state index < -0.39 is 10.1 Å². The number of halogens is 2. The van der Waals surface area contributed by atoms with E-state index in [1.54, 1.807) is 24.5 Å². The molecule has 0 saturated heterocycles. The van der Waals surface area contributed by atoms with Gasteiger partial charge in [-0.05, 0) is 64.2 Å². The van der Waals surface area contributed by atoms with Gasteiger partial charge in [0.2, 0.25) is 0 Å². The monoisotopic (exact) mass is 501 g/mol. The number of rotatable bonds is 3. The molecule has 2 aromatic rings. The molecule has 0 N–H and O–H groups in total. The van der Waals surface area contributed by atoms with Gasteiger partial charge < -0.3 is 4.18 Å². The summed E-state index contributed by atoms with van der Waals surface area (Å²) in [6, 6.07) is 6.54. The fourth-order valence-corrected chi connectivity index (χ4v) is 4.24. The average Bonchev–Trinajstić information content (AvgIpc) is 2.35. The van der Waals surface area contributed by atoms with Crippen LogP contribution in [0.5, 0.6) is 5.75 Å². The molecule has 1 heterocycles. The zero-order valence-electron chi connectivity index (χ0n) is 9.80. The largest absolute Gasteiger partial charge is 0.377 e. The second kappa shape index (κ2) is 5.92. The van der Waals surface area contributed by atoms with E-state index in [9.17, 15) is 8.42 Å². The van der Waals surface area contributed by atoms with E-state index in [2.05, 4.69) is 4.98 Å². The lowest BCUT2D eigenvalue weighted by Crippen LogP contribution is -2.11. The van der Waals surface area contributed by atoms with Gasteiger partial charge >= 0.3 is 10.1 Å².